The number of hydrogen-bond donors (Lipinski definition) is 1. The number of phenols is 1. The second-order valence-electron chi connectivity index (χ2n) is 7.21. The Hall–Kier alpha value is -2.69. The van der Waals surface area contributed by atoms with Crippen molar-refractivity contribution in [2.45, 2.75) is 26.2 Å². The molecular weight excluding hydrogens is 340 g/mol. The number of piperazine rings is 1. The number of rotatable bonds is 6. The molecule has 0 atom stereocenters. The highest BCUT2D eigenvalue weighted by Gasteiger charge is 2.21. The molecule has 27 heavy (non-hydrogen) atoms. The molecular formula is C22H28N2O3. The summed E-state index contributed by atoms with van der Waals surface area (Å²) in [5.41, 5.74) is 2.57. The van der Waals surface area contributed by atoms with E-state index in [2.05, 4.69) is 43.0 Å². The number of carbonyl (C=O) groups excluding carboxylic acids is 1. The second kappa shape index (κ2) is 8.80. The monoisotopic (exact) mass is 368 g/mol. The first-order valence-electron chi connectivity index (χ1n) is 9.57. The molecule has 3 rings (SSSR count). The number of carbonyl (C=O) groups is 1. The van der Waals surface area contributed by atoms with Crippen LogP contribution in [-0.4, -0.2) is 48.7 Å². The van der Waals surface area contributed by atoms with E-state index in [0.717, 1.165) is 26.2 Å². The van der Waals surface area contributed by atoms with Gasteiger partial charge in [-0.15, -0.1) is 0 Å². The first-order chi connectivity index (χ1) is 13.0. The number of benzene rings is 2. The molecule has 0 aliphatic carbocycles. The van der Waals surface area contributed by atoms with Gasteiger partial charge in [-0.1, -0.05) is 32.0 Å². The summed E-state index contributed by atoms with van der Waals surface area (Å²) >= 11 is 0. The third kappa shape index (κ3) is 5.16. The number of anilines is 1. The van der Waals surface area contributed by atoms with Gasteiger partial charge in [0.15, 0.2) is 0 Å². The van der Waals surface area contributed by atoms with E-state index in [1.54, 1.807) is 24.3 Å². The van der Waals surface area contributed by atoms with Crippen LogP contribution in [-0.2, 0) is 4.79 Å². The maximum Gasteiger partial charge on any atom is 0.226 e. The lowest BCUT2D eigenvalue weighted by Gasteiger charge is -2.36. The maximum absolute atomic E-state index is 12.4. The van der Waals surface area contributed by atoms with Crippen molar-refractivity contribution >= 4 is 11.6 Å². The summed E-state index contributed by atoms with van der Waals surface area (Å²) < 4.78 is 5.55. The lowest BCUT2D eigenvalue weighted by atomic mass is 10.0. The van der Waals surface area contributed by atoms with Crippen LogP contribution in [0.5, 0.6) is 11.5 Å². The Kier molecular flexibility index (Phi) is 6.22. The highest BCUT2D eigenvalue weighted by atomic mass is 16.5. The van der Waals surface area contributed by atoms with Crippen molar-refractivity contribution in [2.75, 3.05) is 37.7 Å². The fourth-order valence-electron chi connectivity index (χ4n) is 3.27. The van der Waals surface area contributed by atoms with E-state index in [-0.39, 0.29) is 11.7 Å². The molecule has 1 N–H and O–H groups in total. The van der Waals surface area contributed by atoms with Gasteiger partial charge in [-0.2, -0.15) is 0 Å². The van der Waals surface area contributed by atoms with E-state index in [9.17, 15) is 9.90 Å². The zero-order valence-electron chi connectivity index (χ0n) is 16.1. The molecule has 5 heteroatoms. The predicted octanol–water partition coefficient (Wildman–Crippen LogP) is 3.63. The Labute approximate surface area is 161 Å². The molecule has 144 valence electrons. The summed E-state index contributed by atoms with van der Waals surface area (Å²) in [6, 6.07) is 15.4. The molecule has 2 aromatic rings. The SMILES string of the molecule is CC(C)c1ccc(N2CCN(C(=O)CCOc3cccc(O)c3)CC2)cc1. The molecule has 0 unspecified atom stereocenters. The lowest BCUT2D eigenvalue weighted by Crippen LogP contribution is -2.49. The van der Waals surface area contributed by atoms with Crippen molar-refractivity contribution in [3.8, 4) is 11.5 Å². The van der Waals surface area contributed by atoms with E-state index in [1.165, 1.54) is 11.3 Å². The summed E-state index contributed by atoms with van der Waals surface area (Å²) in [6.07, 6.45) is 0.346. The number of amides is 1. The molecule has 1 aliphatic rings. The number of hydrogen-bond acceptors (Lipinski definition) is 4. The van der Waals surface area contributed by atoms with Crippen LogP contribution in [0.3, 0.4) is 0 Å². The average Bonchev–Trinajstić information content (AvgIpc) is 2.68. The molecule has 1 amide bonds. The van der Waals surface area contributed by atoms with Crippen LogP contribution < -0.4 is 9.64 Å². The highest BCUT2D eigenvalue weighted by Crippen LogP contribution is 2.21. The van der Waals surface area contributed by atoms with Gasteiger partial charge in [0.05, 0.1) is 13.0 Å². The first-order valence-corrected chi connectivity index (χ1v) is 9.57. The highest BCUT2D eigenvalue weighted by molar-refractivity contribution is 5.76. The molecule has 2 aromatic carbocycles. The average molecular weight is 368 g/mol. The van der Waals surface area contributed by atoms with Crippen LogP contribution in [0, 0.1) is 0 Å². The van der Waals surface area contributed by atoms with E-state index in [4.69, 9.17) is 4.74 Å². The van der Waals surface area contributed by atoms with Gasteiger partial charge in [0.1, 0.15) is 11.5 Å². The third-order valence-electron chi connectivity index (χ3n) is 4.96. The Morgan fingerprint density at radius 1 is 1.07 bits per heavy atom. The van der Waals surface area contributed by atoms with Crippen molar-refractivity contribution in [3.05, 3.63) is 54.1 Å². The molecule has 0 saturated carbocycles. The molecule has 1 aliphatic heterocycles. The second-order valence-corrected chi connectivity index (χ2v) is 7.21. The molecule has 0 aromatic heterocycles. The Bertz CT molecular complexity index is 750. The lowest BCUT2D eigenvalue weighted by molar-refractivity contribution is -0.132. The Morgan fingerprint density at radius 3 is 2.41 bits per heavy atom. The van der Waals surface area contributed by atoms with E-state index in [0.29, 0.717) is 24.7 Å². The van der Waals surface area contributed by atoms with Gasteiger partial charge in [0.2, 0.25) is 5.91 Å². The van der Waals surface area contributed by atoms with Crippen molar-refractivity contribution in [2.24, 2.45) is 0 Å². The smallest absolute Gasteiger partial charge is 0.226 e. The minimum Gasteiger partial charge on any atom is -0.508 e. The number of aromatic hydroxyl groups is 1. The number of phenolic OH excluding ortho intramolecular Hbond substituents is 1. The zero-order valence-corrected chi connectivity index (χ0v) is 16.1. The van der Waals surface area contributed by atoms with Gasteiger partial charge in [0.25, 0.3) is 0 Å². The molecule has 5 nitrogen and oxygen atoms in total. The molecule has 0 spiro atoms. The standard InChI is InChI=1S/C22H28N2O3/c1-17(2)18-6-8-19(9-7-18)23-11-13-24(14-12-23)22(26)10-15-27-21-5-3-4-20(25)16-21/h3-9,16-17,25H,10-15H2,1-2H3. The maximum atomic E-state index is 12.4. The fourth-order valence-corrected chi connectivity index (χ4v) is 3.27. The summed E-state index contributed by atoms with van der Waals surface area (Å²) in [7, 11) is 0. The first kappa shape index (κ1) is 19.1. The Balaban J connectivity index is 1.43. The number of nitrogens with zero attached hydrogens (tertiary/aromatic N) is 2. The van der Waals surface area contributed by atoms with Gasteiger partial charge >= 0.3 is 0 Å². The van der Waals surface area contributed by atoms with Crippen molar-refractivity contribution in [1.29, 1.82) is 0 Å². The van der Waals surface area contributed by atoms with Crippen LogP contribution in [0.25, 0.3) is 0 Å². The quantitative estimate of drug-likeness (QED) is 0.846. The van der Waals surface area contributed by atoms with Crippen LogP contribution in [0.15, 0.2) is 48.5 Å². The van der Waals surface area contributed by atoms with E-state index < -0.39 is 0 Å². The van der Waals surface area contributed by atoms with E-state index >= 15 is 0 Å². The van der Waals surface area contributed by atoms with Gasteiger partial charge in [-0.25, -0.2) is 0 Å². The molecule has 0 radical (unpaired) electrons. The summed E-state index contributed by atoms with van der Waals surface area (Å²) in [4.78, 5) is 16.6. The summed E-state index contributed by atoms with van der Waals surface area (Å²) in [5.74, 6) is 1.40. The van der Waals surface area contributed by atoms with Crippen molar-refractivity contribution in [1.82, 2.24) is 4.90 Å². The van der Waals surface area contributed by atoms with E-state index in [1.807, 2.05) is 4.90 Å². The summed E-state index contributed by atoms with van der Waals surface area (Å²) in [5, 5.41) is 9.43. The molecule has 0 bridgehead atoms. The topological polar surface area (TPSA) is 53.0 Å². The van der Waals surface area contributed by atoms with Crippen LogP contribution in [0.1, 0.15) is 31.7 Å². The molecule has 1 heterocycles. The minimum atomic E-state index is 0.116. The molecule has 1 saturated heterocycles. The zero-order chi connectivity index (χ0) is 19.2. The van der Waals surface area contributed by atoms with Gasteiger partial charge in [0, 0.05) is 37.9 Å². The van der Waals surface area contributed by atoms with Gasteiger partial charge in [-0.05, 0) is 35.7 Å². The number of ether oxygens (including phenoxy) is 1. The fraction of sp³-hybridized carbons (Fsp3) is 0.409. The van der Waals surface area contributed by atoms with Crippen LogP contribution in [0.4, 0.5) is 5.69 Å². The summed E-state index contributed by atoms with van der Waals surface area (Å²) in [6.45, 7) is 7.88. The van der Waals surface area contributed by atoms with Crippen LogP contribution in [0.2, 0.25) is 0 Å². The minimum absolute atomic E-state index is 0.116. The predicted molar refractivity (Wildman–Crippen MR) is 108 cm³/mol. The van der Waals surface area contributed by atoms with Crippen molar-refractivity contribution < 1.29 is 14.6 Å². The van der Waals surface area contributed by atoms with Crippen LogP contribution >= 0.6 is 0 Å². The Morgan fingerprint density at radius 2 is 1.78 bits per heavy atom. The largest absolute Gasteiger partial charge is 0.508 e. The van der Waals surface area contributed by atoms with Gasteiger partial charge in [-0.3, -0.25) is 4.79 Å². The van der Waals surface area contributed by atoms with Crippen molar-refractivity contribution in [3.63, 3.8) is 0 Å². The van der Waals surface area contributed by atoms with Gasteiger partial charge < -0.3 is 19.6 Å². The normalized spacial score (nSPS) is 14.5. The third-order valence-corrected chi connectivity index (χ3v) is 4.96. The molecule has 1 fully saturated rings.